The highest BCUT2D eigenvalue weighted by atomic mass is 19.1. The van der Waals surface area contributed by atoms with Gasteiger partial charge in [-0.3, -0.25) is 23.9 Å². The number of halogens is 1. The van der Waals surface area contributed by atoms with Gasteiger partial charge in [-0.25, -0.2) is 14.0 Å². The van der Waals surface area contributed by atoms with Gasteiger partial charge in [0.05, 0.1) is 13.0 Å². The van der Waals surface area contributed by atoms with Crippen molar-refractivity contribution in [1.82, 2.24) is 20.2 Å². The molecule has 0 aromatic carbocycles. The van der Waals surface area contributed by atoms with E-state index in [-0.39, 0.29) is 18.7 Å². The summed E-state index contributed by atoms with van der Waals surface area (Å²) in [6, 6.07) is 1.07. The van der Waals surface area contributed by atoms with Crippen LogP contribution in [0.15, 0.2) is 21.9 Å². The van der Waals surface area contributed by atoms with Gasteiger partial charge in [-0.1, -0.05) is 26.7 Å². The number of nitrogens with zero attached hydrogens (tertiary/aromatic N) is 1. The van der Waals surface area contributed by atoms with Crippen molar-refractivity contribution in [3.63, 3.8) is 0 Å². The van der Waals surface area contributed by atoms with Crippen molar-refractivity contribution in [2.75, 3.05) is 19.7 Å². The molecule has 0 spiro atoms. The normalized spacial score (nSPS) is 20.6. The van der Waals surface area contributed by atoms with Crippen LogP contribution in [0.4, 0.5) is 9.18 Å². The molecule has 1 aliphatic rings. The summed E-state index contributed by atoms with van der Waals surface area (Å²) in [6.45, 7) is 5.17. The standard InChI is InChI=1S/C25H39FN4O8/c1-3-5-13-28-25(35)36-16-9-7-6-8-14-27-18(31)10-11-20(33)38-22-17(4-2)37-23(21(22)26)30-15-12-19(32)29-24(30)34/h12,15,17,21-23H,3-11,13-14,16H2,1-2H3,(H,27,31)(H,28,35)(H,29,32,34)/t17-,21?,22+,23-/m1/s1. The van der Waals surface area contributed by atoms with Crippen LogP contribution < -0.4 is 21.9 Å². The van der Waals surface area contributed by atoms with Gasteiger partial charge in [-0.2, -0.15) is 0 Å². The van der Waals surface area contributed by atoms with E-state index in [9.17, 15) is 24.0 Å². The maximum Gasteiger partial charge on any atom is 0.407 e. The number of carbonyl (C=O) groups excluding carboxylic acids is 3. The van der Waals surface area contributed by atoms with Gasteiger partial charge in [0.1, 0.15) is 6.10 Å². The van der Waals surface area contributed by atoms with Crippen molar-refractivity contribution >= 4 is 18.0 Å². The van der Waals surface area contributed by atoms with Crippen molar-refractivity contribution in [3.8, 4) is 0 Å². The van der Waals surface area contributed by atoms with Gasteiger partial charge in [-0.15, -0.1) is 0 Å². The third kappa shape index (κ3) is 10.3. The van der Waals surface area contributed by atoms with E-state index in [1.165, 1.54) is 0 Å². The first-order valence-corrected chi connectivity index (χ1v) is 13.2. The Balaban J connectivity index is 1.61. The fraction of sp³-hybridized carbons (Fsp3) is 0.720. The summed E-state index contributed by atoms with van der Waals surface area (Å²) in [4.78, 5) is 61.0. The fourth-order valence-electron chi connectivity index (χ4n) is 3.92. The summed E-state index contributed by atoms with van der Waals surface area (Å²) < 4.78 is 31.9. The van der Waals surface area contributed by atoms with Crippen molar-refractivity contribution < 1.29 is 33.0 Å². The first kappa shape index (κ1) is 31.0. The Labute approximate surface area is 220 Å². The van der Waals surface area contributed by atoms with Gasteiger partial charge >= 0.3 is 17.8 Å². The van der Waals surface area contributed by atoms with Crippen molar-refractivity contribution in [1.29, 1.82) is 0 Å². The molecular weight excluding hydrogens is 503 g/mol. The lowest BCUT2D eigenvalue weighted by molar-refractivity contribution is -0.154. The Kier molecular flexibility index (Phi) is 13.5. The number of ether oxygens (including phenoxy) is 3. The molecule has 12 nitrogen and oxygen atoms in total. The minimum atomic E-state index is -1.83. The van der Waals surface area contributed by atoms with Gasteiger partial charge in [0, 0.05) is 31.8 Å². The average molecular weight is 543 g/mol. The quantitative estimate of drug-likeness (QED) is 0.212. The fourth-order valence-corrected chi connectivity index (χ4v) is 3.92. The summed E-state index contributed by atoms with van der Waals surface area (Å²) in [5, 5.41) is 5.41. The van der Waals surface area contributed by atoms with Crippen LogP contribution in [0.2, 0.25) is 0 Å². The lowest BCUT2D eigenvalue weighted by Crippen LogP contribution is -2.37. The number of alkyl carbamates (subject to hydrolysis) is 1. The van der Waals surface area contributed by atoms with Gasteiger partial charge in [0.2, 0.25) is 5.91 Å². The summed E-state index contributed by atoms with van der Waals surface area (Å²) in [5.41, 5.74) is -1.45. The summed E-state index contributed by atoms with van der Waals surface area (Å²) in [7, 11) is 0. The minimum Gasteiger partial charge on any atom is -0.456 e. The molecule has 3 N–H and O–H groups in total. The van der Waals surface area contributed by atoms with E-state index < -0.39 is 47.9 Å². The van der Waals surface area contributed by atoms with Crippen LogP contribution in [0.3, 0.4) is 0 Å². The van der Waals surface area contributed by atoms with E-state index in [0.717, 1.165) is 55.4 Å². The SMILES string of the molecule is CCCCNC(=O)OCCCCCCNC(=O)CCC(=O)O[C@@H]1C(F)[C@H](n2ccc(=O)[nH]c2=O)O[C@@H]1CC. The molecule has 1 fully saturated rings. The number of esters is 1. The van der Waals surface area contributed by atoms with Crippen LogP contribution in [0.5, 0.6) is 0 Å². The van der Waals surface area contributed by atoms with E-state index in [4.69, 9.17) is 14.2 Å². The first-order chi connectivity index (χ1) is 18.3. The van der Waals surface area contributed by atoms with Gasteiger partial charge in [0.15, 0.2) is 18.5 Å². The number of amides is 2. The molecule has 38 heavy (non-hydrogen) atoms. The van der Waals surface area contributed by atoms with Crippen LogP contribution in [0.1, 0.15) is 77.9 Å². The number of nitrogens with one attached hydrogen (secondary N) is 3. The van der Waals surface area contributed by atoms with Gasteiger partial charge in [0.25, 0.3) is 5.56 Å². The lowest BCUT2D eigenvalue weighted by Gasteiger charge is -2.18. The zero-order valence-electron chi connectivity index (χ0n) is 22.0. The van der Waals surface area contributed by atoms with E-state index in [2.05, 4.69) is 10.6 Å². The van der Waals surface area contributed by atoms with Gasteiger partial charge < -0.3 is 24.8 Å². The Morgan fingerprint density at radius 1 is 1.05 bits per heavy atom. The molecule has 1 saturated heterocycles. The largest absolute Gasteiger partial charge is 0.456 e. The molecule has 0 radical (unpaired) electrons. The molecule has 214 valence electrons. The number of H-pyrrole nitrogens is 1. The summed E-state index contributed by atoms with van der Waals surface area (Å²) >= 11 is 0. The first-order valence-electron chi connectivity index (χ1n) is 13.2. The molecule has 1 unspecified atom stereocenters. The van der Waals surface area contributed by atoms with Crippen LogP contribution in [-0.2, 0) is 23.8 Å². The smallest absolute Gasteiger partial charge is 0.407 e. The summed E-state index contributed by atoms with van der Waals surface area (Å²) in [6.07, 6.45) is 0.595. The zero-order valence-corrected chi connectivity index (χ0v) is 22.0. The van der Waals surface area contributed by atoms with Crippen molar-refractivity contribution in [3.05, 3.63) is 33.1 Å². The second kappa shape index (κ2) is 16.6. The highest BCUT2D eigenvalue weighted by molar-refractivity contribution is 5.81. The maximum atomic E-state index is 15.1. The van der Waals surface area contributed by atoms with Crippen LogP contribution in [0.25, 0.3) is 0 Å². The topological polar surface area (TPSA) is 158 Å². The van der Waals surface area contributed by atoms with Crippen LogP contribution >= 0.6 is 0 Å². The van der Waals surface area contributed by atoms with E-state index in [0.29, 0.717) is 26.1 Å². The number of unbranched alkanes of at least 4 members (excludes halogenated alkanes) is 4. The number of hydrogen-bond acceptors (Lipinski definition) is 8. The Morgan fingerprint density at radius 3 is 2.50 bits per heavy atom. The number of aromatic amines is 1. The zero-order chi connectivity index (χ0) is 27.9. The van der Waals surface area contributed by atoms with E-state index in [1.807, 2.05) is 11.9 Å². The minimum absolute atomic E-state index is 0.107. The second-order valence-corrected chi connectivity index (χ2v) is 9.07. The molecule has 1 aliphatic heterocycles. The Bertz CT molecular complexity index is 1010. The molecule has 0 saturated carbocycles. The number of rotatable bonds is 16. The molecule has 1 aromatic heterocycles. The average Bonchev–Trinajstić information content (AvgIpc) is 3.19. The molecule has 13 heteroatoms. The van der Waals surface area contributed by atoms with Crippen LogP contribution in [0, 0.1) is 0 Å². The molecular formula is C25H39FN4O8. The number of alkyl halides is 1. The number of hydrogen-bond donors (Lipinski definition) is 3. The molecule has 2 heterocycles. The predicted molar refractivity (Wildman–Crippen MR) is 135 cm³/mol. The highest BCUT2D eigenvalue weighted by Gasteiger charge is 2.48. The Hall–Kier alpha value is -3.22. The second-order valence-electron chi connectivity index (χ2n) is 9.07. The highest BCUT2D eigenvalue weighted by Crippen LogP contribution is 2.34. The molecule has 0 bridgehead atoms. The number of aromatic nitrogens is 2. The number of carbonyl (C=O) groups is 3. The van der Waals surface area contributed by atoms with E-state index in [1.54, 1.807) is 6.92 Å². The summed E-state index contributed by atoms with van der Waals surface area (Å²) in [5.74, 6) is -1.07. The lowest BCUT2D eigenvalue weighted by atomic mass is 10.1. The van der Waals surface area contributed by atoms with Crippen LogP contribution in [-0.4, -0.2) is 65.6 Å². The molecule has 2 rings (SSSR count). The Morgan fingerprint density at radius 2 is 1.79 bits per heavy atom. The molecule has 2 amide bonds. The van der Waals surface area contributed by atoms with Gasteiger partial charge in [-0.05, 0) is 32.1 Å². The molecule has 4 atom stereocenters. The maximum absolute atomic E-state index is 15.1. The van der Waals surface area contributed by atoms with E-state index >= 15 is 4.39 Å². The predicted octanol–water partition coefficient (Wildman–Crippen LogP) is 2.08. The van der Waals surface area contributed by atoms with Crippen molar-refractivity contribution in [2.24, 2.45) is 0 Å². The molecule has 0 aliphatic carbocycles. The monoisotopic (exact) mass is 542 g/mol. The van der Waals surface area contributed by atoms with Crippen molar-refractivity contribution in [2.45, 2.75) is 96.2 Å². The third-order valence-electron chi connectivity index (χ3n) is 6.04. The molecule has 1 aromatic rings. The third-order valence-corrected chi connectivity index (χ3v) is 6.04.